The summed E-state index contributed by atoms with van der Waals surface area (Å²) in [5, 5.41) is 22.2. The fourth-order valence-corrected chi connectivity index (χ4v) is 5.48. The van der Waals surface area contributed by atoms with Gasteiger partial charge in [-0.15, -0.1) is 0 Å². The average Bonchev–Trinajstić information content (AvgIpc) is 3.66. The first-order valence-electron chi connectivity index (χ1n) is 13.8. The van der Waals surface area contributed by atoms with Gasteiger partial charge in [0.15, 0.2) is 0 Å². The topological polar surface area (TPSA) is 152 Å². The van der Waals surface area contributed by atoms with Crippen molar-refractivity contribution in [3.63, 3.8) is 0 Å². The number of nitrogens with one attached hydrogen (secondary N) is 5. The van der Waals surface area contributed by atoms with E-state index in [0.717, 1.165) is 35.0 Å². The average molecular weight is 580 g/mol. The summed E-state index contributed by atoms with van der Waals surface area (Å²) in [5.74, 6) is -1.93. The van der Waals surface area contributed by atoms with Gasteiger partial charge in [0.25, 0.3) is 0 Å². The number of carbonyl (C=O) groups is 4. The predicted molar refractivity (Wildman–Crippen MR) is 160 cm³/mol. The zero-order valence-corrected chi connectivity index (χ0v) is 23.8. The maximum atomic E-state index is 13.5. The van der Waals surface area contributed by atoms with Gasteiger partial charge in [0.2, 0.25) is 17.7 Å². The molecule has 3 aromatic rings. The first-order chi connectivity index (χ1) is 19.9. The molecule has 218 valence electrons. The Balaban J connectivity index is 1.47. The van der Waals surface area contributed by atoms with E-state index >= 15 is 0 Å². The number of thioether (sulfide) groups is 1. The normalized spacial score (nSPS) is 17.0. The second kappa shape index (κ2) is 14.7. The number of rotatable bonds is 14. The van der Waals surface area contributed by atoms with Crippen LogP contribution in [0.2, 0.25) is 0 Å². The molecule has 0 aliphatic carbocycles. The van der Waals surface area contributed by atoms with Gasteiger partial charge >= 0.3 is 5.97 Å². The minimum Gasteiger partial charge on any atom is -0.480 e. The molecular formula is C30H37N5O5S. The molecule has 0 bridgehead atoms. The highest BCUT2D eigenvalue weighted by atomic mass is 32.2. The molecule has 1 aromatic heterocycles. The smallest absolute Gasteiger partial charge is 0.326 e. The fourth-order valence-electron chi connectivity index (χ4n) is 5.01. The number of aromatic amines is 1. The molecule has 41 heavy (non-hydrogen) atoms. The van der Waals surface area contributed by atoms with Crippen LogP contribution in [0.15, 0.2) is 60.8 Å². The molecule has 0 saturated carbocycles. The lowest BCUT2D eigenvalue weighted by atomic mass is 10.0. The minimum absolute atomic E-state index is 0.0787. The van der Waals surface area contributed by atoms with Crippen LogP contribution in [0.4, 0.5) is 0 Å². The van der Waals surface area contributed by atoms with E-state index < -0.39 is 35.9 Å². The zero-order valence-electron chi connectivity index (χ0n) is 23.0. The first kappa shape index (κ1) is 30.1. The lowest BCUT2D eigenvalue weighted by Crippen LogP contribution is -2.57. The Hall–Kier alpha value is -3.83. The number of aliphatic carboxylic acids is 1. The number of carbonyl (C=O) groups excluding carboxylic acids is 3. The second-order valence-electron chi connectivity index (χ2n) is 10.2. The number of aromatic nitrogens is 1. The molecular weight excluding hydrogens is 542 g/mol. The summed E-state index contributed by atoms with van der Waals surface area (Å²) in [5.41, 5.74) is 2.51. The van der Waals surface area contributed by atoms with E-state index in [4.69, 9.17) is 0 Å². The Morgan fingerprint density at radius 3 is 2.34 bits per heavy atom. The van der Waals surface area contributed by atoms with Crippen molar-refractivity contribution < 1.29 is 24.3 Å². The van der Waals surface area contributed by atoms with Crippen molar-refractivity contribution >= 4 is 46.4 Å². The highest BCUT2D eigenvalue weighted by Gasteiger charge is 2.31. The molecule has 4 rings (SSSR count). The molecule has 1 fully saturated rings. The summed E-state index contributed by atoms with van der Waals surface area (Å²) in [6, 6.07) is 13.5. The van der Waals surface area contributed by atoms with E-state index in [1.807, 2.05) is 60.9 Å². The lowest BCUT2D eigenvalue weighted by Gasteiger charge is -2.25. The third-order valence-electron chi connectivity index (χ3n) is 7.25. The Bertz CT molecular complexity index is 1340. The van der Waals surface area contributed by atoms with E-state index in [9.17, 15) is 24.3 Å². The number of carboxylic acids is 1. The Labute approximate surface area is 243 Å². The molecule has 4 atom stereocenters. The summed E-state index contributed by atoms with van der Waals surface area (Å²) in [6.45, 7) is 0.744. The van der Waals surface area contributed by atoms with E-state index in [0.29, 0.717) is 18.6 Å². The summed E-state index contributed by atoms with van der Waals surface area (Å²) < 4.78 is 0. The summed E-state index contributed by atoms with van der Waals surface area (Å²) in [4.78, 5) is 55.1. The van der Waals surface area contributed by atoms with Crippen LogP contribution < -0.4 is 21.3 Å². The van der Waals surface area contributed by atoms with Gasteiger partial charge in [-0.25, -0.2) is 4.79 Å². The van der Waals surface area contributed by atoms with Crippen LogP contribution >= 0.6 is 11.8 Å². The van der Waals surface area contributed by atoms with Crippen molar-refractivity contribution in [2.45, 2.75) is 56.3 Å². The van der Waals surface area contributed by atoms with Gasteiger partial charge in [-0.05, 0) is 55.0 Å². The molecule has 1 aliphatic heterocycles. The molecule has 6 N–H and O–H groups in total. The van der Waals surface area contributed by atoms with E-state index in [2.05, 4.69) is 26.3 Å². The lowest BCUT2D eigenvalue weighted by molar-refractivity contribution is -0.142. The Morgan fingerprint density at radius 1 is 0.927 bits per heavy atom. The van der Waals surface area contributed by atoms with Crippen LogP contribution in [0.3, 0.4) is 0 Å². The third-order valence-corrected chi connectivity index (χ3v) is 7.89. The van der Waals surface area contributed by atoms with Crippen molar-refractivity contribution in [2.75, 3.05) is 18.6 Å². The molecule has 2 aromatic carbocycles. The van der Waals surface area contributed by atoms with E-state index in [1.54, 1.807) is 6.20 Å². The number of hydrogen-bond donors (Lipinski definition) is 6. The van der Waals surface area contributed by atoms with Gasteiger partial charge in [0.1, 0.15) is 18.1 Å². The molecule has 10 nitrogen and oxygen atoms in total. The highest BCUT2D eigenvalue weighted by molar-refractivity contribution is 7.98. The number of hydrogen-bond acceptors (Lipinski definition) is 6. The summed E-state index contributed by atoms with van der Waals surface area (Å²) in [7, 11) is 0. The largest absolute Gasteiger partial charge is 0.480 e. The second-order valence-corrected chi connectivity index (χ2v) is 11.2. The zero-order chi connectivity index (χ0) is 29.2. The molecule has 1 saturated heterocycles. The fraction of sp³-hybridized carbons (Fsp3) is 0.400. The van der Waals surface area contributed by atoms with Gasteiger partial charge < -0.3 is 31.4 Å². The Morgan fingerprint density at radius 2 is 1.63 bits per heavy atom. The Kier molecular flexibility index (Phi) is 10.8. The summed E-state index contributed by atoms with van der Waals surface area (Å²) in [6.07, 6.45) is 5.84. The van der Waals surface area contributed by atoms with Crippen LogP contribution in [-0.4, -0.2) is 76.5 Å². The minimum atomic E-state index is -1.19. The summed E-state index contributed by atoms with van der Waals surface area (Å²) >= 11 is 1.51. The van der Waals surface area contributed by atoms with Gasteiger partial charge in [-0.1, -0.05) is 48.5 Å². The molecule has 11 heteroatoms. The maximum Gasteiger partial charge on any atom is 0.326 e. The van der Waals surface area contributed by atoms with Crippen LogP contribution in [0, 0.1) is 0 Å². The first-order valence-corrected chi connectivity index (χ1v) is 15.2. The van der Waals surface area contributed by atoms with Gasteiger partial charge in [-0.2, -0.15) is 11.8 Å². The van der Waals surface area contributed by atoms with Gasteiger partial charge in [0, 0.05) is 29.9 Å². The van der Waals surface area contributed by atoms with E-state index in [1.165, 1.54) is 11.8 Å². The molecule has 3 amide bonds. The SMILES string of the molecule is CSCCC(NC(=O)C(Cc1ccccc1)NC(=O)C1CCCN1)C(=O)NC(Cc1c[nH]c2ccccc12)C(=O)O. The van der Waals surface area contributed by atoms with Crippen molar-refractivity contribution in [3.05, 3.63) is 71.9 Å². The number of amides is 3. The quantitative estimate of drug-likeness (QED) is 0.171. The molecule has 0 spiro atoms. The van der Waals surface area contributed by atoms with Crippen molar-refractivity contribution in [3.8, 4) is 0 Å². The third kappa shape index (κ3) is 8.34. The number of fused-ring (bicyclic) bond motifs is 1. The van der Waals surface area contributed by atoms with E-state index in [-0.39, 0.29) is 24.8 Å². The molecule has 2 heterocycles. The number of H-pyrrole nitrogens is 1. The van der Waals surface area contributed by atoms with Crippen molar-refractivity contribution in [1.29, 1.82) is 0 Å². The highest BCUT2D eigenvalue weighted by Crippen LogP contribution is 2.19. The van der Waals surface area contributed by atoms with Gasteiger partial charge in [0.05, 0.1) is 6.04 Å². The molecule has 4 unspecified atom stereocenters. The predicted octanol–water partition coefficient (Wildman–Crippen LogP) is 2.00. The molecule has 0 radical (unpaired) electrons. The number of para-hydroxylation sites is 1. The van der Waals surface area contributed by atoms with Crippen LogP contribution in [0.1, 0.15) is 30.4 Å². The standard InChI is InChI=1S/C30H37N5O5S/c1-41-15-13-24(28(37)35-26(30(39)40)17-20-18-32-22-11-6-5-10-21(20)22)33-29(38)25(16-19-8-3-2-4-9-19)34-27(36)23-12-7-14-31-23/h2-6,8-11,18,23-26,31-32H,7,12-17H2,1H3,(H,33,38)(H,34,36)(H,35,37)(H,39,40). The van der Waals surface area contributed by atoms with Gasteiger partial charge in [-0.3, -0.25) is 14.4 Å². The molecule has 1 aliphatic rings. The van der Waals surface area contributed by atoms with Crippen molar-refractivity contribution in [2.24, 2.45) is 0 Å². The number of carboxylic acid groups (broad SMARTS) is 1. The number of benzene rings is 2. The maximum absolute atomic E-state index is 13.5. The monoisotopic (exact) mass is 579 g/mol. The van der Waals surface area contributed by atoms with Crippen LogP contribution in [-0.2, 0) is 32.0 Å². The van der Waals surface area contributed by atoms with Crippen LogP contribution in [0.25, 0.3) is 10.9 Å². The van der Waals surface area contributed by atoms with Crippen LogP contribution in [0.5, 0.6) is 0 Å². The van der Waals surface area contributed by atoms with Crippen molar-refractivity contribution in [1.82, 2.24) is 26.3 Å².